The van der Waals surface area contributed by atoms with E-state index in [0.29, 0.717) is 23.6 Å². The lowest BCUT2D eigenvalue weighted by atomic mass is 10.1. The summed E-state index contributed by atoms with van der Waals surface area (Å²) in [6, 6.07) is 13.8. The third kappa shape index (κ3) is 4.47. The third-order valence-electron chi connectivity index (χ3n) is 3.87. The van der Waals surface area contributed by atoms with Crippen molar-refractivity contribution in [3.05, 3.63) is 59.8 Å². The molecule has 0 unspecified atom stereocenters. The van der Waals surface area contributed by atoms with Crippen molar-refractivity contribution in [2.45, 2.75) is 6.92 Å². The largest absolute Gasteiger partial charge is 0.504 e. The summed E-state index contributed by atoms with van der Waals surface area (Å²) in [5.74, 6) is 0.707. The number of phenolic OH excluding ortho intramolecular Hbond substituents is 1. The number of aromatic hydroxyl groups is 1. The van der Waals surface area contributed by atoms with Crippen LogP contribution in [-0.2, 0) is 0 Å². The number of hydrogen-bond acceptors (Lipinski definition) is 6. The fraction of sp³-hybridized carbons (Fsp3) is 0.150. The number of methoxy groups -OCH3 is 1. The molecule has 0 atom stereocenters. The topological polar surface area (TPSA) is 109 Å². The molecular formula is C20H20N4O4. The molecule has 0 aliphatic rings. The van der Waals surface area contributed by atoms with Crippen LogP contribution in [-0.4, -0.2) is 41.1 Å². The lowest BCUT2D eigenvalue weighted by Gasteiger charge is -2.03. The van der Waals surface area contributed by atoms with Crippen molar-refractivity contribution >= 4 is 12.1 Å². The van der Waals surface area contributed by atoms with Crippen molar-refractivity contribution in [3.8, 4) is 28.5 Å². The van der Waals surface area contributed by atoms with E-state index in [2.05, 4.69) is 20.7 Å². The molecule has 0 radical (unpaired) electrons. The summed E-state index contributed by atoms with van der Waals surface area (Å²) in [7, 11) is 1.46. The quantitative estimate of drug-likeness (QED) is 0.431. The van der Waals surface area contributed by atoms with Gasteiger partial charge in [-0.25, -0.2) is 5.43 Å². The normalized spacial score (nSPS) is 10.8. The van der Waals surface area contributed by atoms with Crippen LogP contribution >= 0.6 is 0 Å². The van der Waals surface area contributed by atoms with E-state index in [9.17, 15) is 9.90 Å². The number of nitrogens with zero attached hydrogens (tertiary/aromatic N) is 2. The molecule has 0 saturated carbocycles. The molecular weight excluding hydrogens is 360 g/mol. The molecule has 3 aromatic rings. The van der Waals surface area contributed by atoms with E-state index in [-0.39, 0.29) is 11.4 Å². The first kappa shape index (κ1) is 19.0. The predicted molar refractivity (Wildman–Crippen MR) is 105 cm³/mol. The summed E-state index contributed by atoms with van der Waals surface area (Å²) < 4.78 is 10.4. The Bertz CT molecular complexity index is 980. The van der Waals surface area contributed by atoms with E-state index >= 15 is 0 Å². The average Bonchev–Trinajstić information content (AvgIpc) is 3.20. The first-order valence-electron chi connectivity index (χ1n) is 8.59. The Hall–Kier alpha value is -3.81. The molecule has 0 spiro atoms. The minimum Gasteiger partial charge on any atom is -0.504 e. The van der Waals surface area contributed by atoms with Gasteiger partial charge in [0.2, 0.25) is 0 Å². The van der Waals surface area contributed by atoms with Gasteiger partial charge in [-0.3, -0.25) is 9.89 Å². The maximum absolute atomic E-state index is 12.2. The summed E-state index contributed by atoms with van der Waals surface area (Å²) in [4.78, 5) is 12.2. The number of aromatic amines is 1. The van der Waals surface area contributed by atoms with Gasteiger partial charge in [-0.05, 0) is 61.0 Å². The summed E-state index contributed by atoms with van der Waals surface area (Å²) in [6.45, 7) is 2.52. The number of H-pyrrole nitrogens is 1. The molecule has 3 N–H and O–H groups in total. The number of aromatic nitrogens is 2. The molecule has 3 rings (SSSR count). The van der Waals surface area contributed by atoms with Gasteiger partial charge in [0.1, 0.15) is 11.4 Å². The van der Waals surface area contributed by atoms with E-state index in [1.54, 1.807) is 18.2 Å². The van der Waals surface area contributed by atoms with Gasteiger partial charge >= 0.3 is 0 Å². The van der Waals surface area contributed by atoms with Gasteiger partial charge in [-0.2, -0.15) is 10.2 Å². The number of phenols is 1. The summed E-state index contributed by atoms with van der Waals surface area (Å²) in [5, 5.41) is 20.3. The second kappa shape index (κ2) is 8.72. The van der Waals surface area contributed by atoms with Crippen molar-refractivity contribution in [3.63, 3.8) is 0 Å². The molecule has 8 heteroatoms. The Morgan fingerprint density at radius 1 is 1.25 bits per heavy atom. The first-order valence-corrected chi connectivity index (χ1v) is 8.59. The van der Waals surface area contributed by atoms with Crippen molar-refractivity contribution in [2.24, 2.45) is 5.10 Å². The van der Waals surface area contributed by atoms with Gasteiger partial charge in [0, 0.05) is 5.56 Å². The highest BCUT2D eigenvalue weighted by Gasteiger charge is 2.10. The number of carbonyl (C=O) groups is 1. The highest BCUT2D eigenvalue weighted by molar-refractivity contribution is 5.94. The van der Waals surface area contributed by atoms with Crippen molar-refractivity contribution in [2.75, 3.05) is 13.7 Å². The van der Waals surface area contributed by atoms with Gasteiger partial charge in [-0.1, -0.05) is 0 Å². The molecule has 1 aromatic heterocycles. The summed E-state index contributed by atoms with van der Waals surface area (Å²) in [5.41, 5.74) is 4.87. The Labute approximate surface area is 161 Å². The zero-order valence-corrected chi connectivity index (χ0v) is 15.5. The van der Waals surface area contributed by atoms with E-state index in [1.165, 1.54) is 19.4 Å². The molecule has 0 bridgehead atoms. The molecule has 28 heavy (non-hydrogen) atoms. The van der Waals surface area contributed by atoms with Crippen LogP contribution in [0.1, 0.15) is 23.0 Å². The van der Waals surface area contributed by atoms with Gasteiger partial charge < -0.3 is 14.6 Å². The Balaban J connectivity index is 1.64. The fourth-order valence-corrected chi connectivity index (χ4v) is 2.47. The van der Waals surface area contributed by atoms with E-state index < -0.39 is 5.91 Å². The molecule has 0 aliphatic heterocycles. The number of hydrogen-bond donors (Lipinski definition) is 3. The van der Waals surface area contributed by atoms with Crippen LogP contribution in [0.4, 0.5) is 0 Å². The smallest absolute Gasteiger partial charge is 0.289 e. The maximum atomic E-state index is 12.2. The average molecular weight is 380 g/mol. The SMILES string of the molecule is CCOc1ccc(-c2cc(C(=O)N/N=C\c3ccc(O)c(OC)c3)[nH]n2)cc1. The summed E-state index contributed by atoms with van der Waals surface area (Å²) >= 11 is 0. The second-order valence-electron chi connectivity index (χ2n) is 5.75. The zero-order chi connectivity index (χ0) is 19.9. The van der Waals surface area contributed by atoms with Crippen LogP contribution < -0.4 is 14.9 Å². The number of amides is 1. The molecule has 0 aliphatic carbocycles. The molecule has 1 heterocycles. The summed E-state index contributed by atoms with van der Waals surface area (Å²) in [6.07, 6.45) is 1.45. The molecule has 8 nitrogen and oxygen atoms in total. The van der Waals surface area contributed by atoms with E-state index in [1.807, 2.05) is 31.2 Å². The minimum atomic E-state index is -0.424. The highest BCUT2D eigenvalue weighted by Crippen LogP contribution is 2.25. The Morgan fingerprint density at radius 3 is 2.75 bits per heavy atom. The van der Waals surface area contributed by atoms with Crippen LogP contribution in [0, 0.1) is 0 Å². The molecule has 2 aromatic carbocycles. The van der Waals surface area contributed by atoms with E-state index in [0.717, 1.165) is 11.3 Å². The number of carbonyl (C=O) groups excluding carboxylic acids is 1. The molecule has 0 fully saturated rings. The maximum Gasteiger partial charge on any atom is 0.289 e. The van der Waals surface area contributed by atoms with Gasteiger partial charge in [0.15, 0.2) is 11.5 Å². The van der Waals surface area contributed by atoms with Crippen LogP contribution in [0.2, 0.25) is 0 Å². The third-order valence-corrected chi connectivity index (χ3v) is 3.87. The van der Waals surface area contributed by atoms with Gasteiger partial charge in [0.05, 0.1) is 25.6 Å². The Kier molecular flexibility index (Phi) is 5.91. The van der Waals surface area contributed by atoms with Crippen LogP contribution in [0.25, 0.3) is 11.3 Å². The Morgan fingerprint density at radius 2 is 2.04 bits per heavy atom. The first-order chi connectivity index (χ1) is 13.6. The zero-order valence-electron chi connectivity index (χ0n) is 15.5. The van der Waals surface area contributed by atoms with Crippen molar-refractivity contribution < 1.29 is 19.4 Å². The van der Waals surface area contributed by atoms with Crippen LogP contribution in [0.5, 0.6) is 17.2 Å². The second-order valence-corrected chi connectivity index (χ2v) is 5.75. The lowest BCUT2D eigenvalue weighted by molar-refractivity contribution is 0.0950. The lowest BCUT2D eigenvalue weighted by Crippen LogP contribution is -2.18. The number of ether oxygens (including phenoxy) is 2. The van der Waals surface area contributed by atoms with E-state index in [4.69, 9.17) is 9.47 Å². The van der Waals surface area contributed by atoms with Crippen molar-refractivity contribution in [1.82, 2.24) is 15.6 Å². The standard InChI is InChI=1S/C20H20N4O4/c1-3-28-15-7-5-14(6-8-15)16-11-17(23-22-16)20(26)24-21-12-13-4-9-18(25)19(10-13)27-2/h4-12,25H,3H2,1-2H3,(H,22,23)(H,24,26)/b21-12-. The van der Waals surface area contributed by atoms with Gasteiger partial charge in [-0.15, -0.1) is 0 Å². The number of rotatable bonds is 7. The fourth-order valence-electron chi connectivity index (χ4n) is 2.47. The monoisotopic (exact) mass is 380 g/mol. The number of hydrazone groups is 1. The van der Waals surface area contributed by atoms with Crippen LogP contribution in [0.3, 0.4) is 0 Å². The van der Waals surface area contributed by atoms with Crippen LogP contribution in [0.15, 0.2) is 53.6 Å². The van der Waals surface area contributed by atoms with Crippen molar-refractivity contribution in [1.29, 1.82) is 0 Å². The predicted octanol–water partition coefficient (Wildman–Crippen LogP) is 2.95. The highest BCUT2D eigenvalue weighted by atomic mass is 16.5. The number of nitrogens with one attached hydrogen (secondary N) is 2. The minimum absolute atomic E-state index is 0.0305. The van der Waals surface area contributed by atoms with Gasteiger partial charge in [0.25, 0.3) is 5.91 Å². The molecule has 1 amide bonds. The molecule has 0 saturated heterocycles. The number of benzene rings is 2. The molecule has 144 valence electrons.